The number of amides is 2. The summed E-state index contributed by atoms with van der Waals surface area (Å²) in [5.41, 5.74) is -0.888. The number of imide groups is 1. The standard InChI is InChI=1S/C19H27NO6/c1-18(2,3)25-16(22)20(17(23)26-19(4,5)6)12-13-10-8-9-11-14(13)15(21)24-7/h8-11H,12H2,1-7H3. The number of hydrogen-bond acceptors (Lipinski definition) is 6. The minimum Gasteiger partial charge on any atom is -0.465 e. The zero-order valence-corrected chi connectivity index (χ0v) is 16.4. The molecule has 0 aliphatic heterocycles. The van der Waals surface area contributed by atoms with Gasteiger partial charge in [0, 0.05) is 0 Å². The van der Waals surface area contributed by atoms with Gasteiger partial charge in [-0.2, -0.15) is 0 Å². The van der Waals surface area contributed by atoms with Gasteiger partial charge < -0.3 is 14.2 Å². The number of carbonyl (C=O) groups excluding carboxylic acids is 3. The van der Waals surface area contributed by atoms with E-state index in [1.54, 1.807) is 65.8 Å². The summed E-state index contributed by atoms with van der Waals surface area (Å²) < 4.78 is 15.4. The minimum atomic E-state index is -0.855. The number of methoxy groups -OCH3 is 1. The SMILES string of the molecule is COC(=O)c1ccccc1CN(C(=O)OC(C)(C)C)C(=O)OC(C)(C)C. The second kappa shape index (κ2) is 8.21. The van der Waals surface area contributed by atoms with Gasteiger partial charge in [0.25, 0.3) is 0 Å². The zero-order valence-electron chi connectivity index (χ0n) is 16.4. The zero-order chi connectivity index (χ0) is 20.1. The highest BCUT2D eigenvalue weighted by Gasteiger charge is 2.32. The van der Waals surface area contributed by atoms with Crippen molar-refractivity contribution in [1.29, 1.82) is 0 Å². The van der Waals surface area contributed by atoms with Crippen LogP contribution >= 0.6 is 0 Å². The molecule has 2 amide bonds. The van der Waals surface area contributed by atoms with Gasteiger partial charge in [-0.3, -0.25) is 0 Å². The molecule has 0 atom stereocenters. The predicted octanol–water partition coefficient (Wildman–Crippen LogP) is 4.15. The Kier molecular flexibility index (Phi) is 6.78. The lowest BCUT2D eigenvalue weighted by molar-refractivity contribution is -0.000445. The number of esters is 1. The van der Waals surface area contributed by atoms with E-state index < -0.39 is 29.4 Å². The lowest BCUT2D eigenvalue weighted by Crippen LogP contribution is -2.43. The first kappa shape index (κ1) is 21.5. The van der Waals surface area contributed by atoms with Crippen molar-refractivity contribution >= 4 is 18.2 Å². The molecule has 0 saturated carbocycles. The van der Waals surface area contributed by atoms with Gasteiger partial charge >= 0.3 is 18.2 Å². The predicted molar refractivity (Wildman–Crippen MR) is 95.8 cm³/mol. The fraction of sp³-hybridized carbons (Fsp3) is 0.526. The van der Waals surface area contributed by atoms with Gasteiger partial charge in [0.05, 0.1) is 19.2 Å². The normalized spacial score (nSPS) is 11.5. The molecular formula is C19H27NO6. The van der Waals surface area contributed by atoms with Crippen LogP contribution in [0.25, 0.3) is 0 Å². The van der Waals surface area contributed by atoms with Crippen molar-refractivity contribution in [3.05, 3.63) is 35.4 Å². The van der Waals surface area contributed by atoms with Crippen molar-refractivity contribution in [1.82, 2.24) is 4.90 Å². The van der Waals surface area contributed by atoms with Crippen molar-refractivity contribution < 1.29 is 28.6 Å². The first-order valence-corrected chi connectivity index (χ1v) is 8.24. The van der Waals surface area contributed by atoms with Gasteiger partial charge in [-0.05, 0) is 53.2 Å². The molecule has 0 radical (unpaired) electrons. The number of benzene rings is 1. The summed E-state index contributed by atoms with van der Waals surface area (Å²) in [4.78, 5) is 37.8. The average molecular weight is 365 g/mol. The number of rotatable bonds is 3. The molecule has 26 heavy (non-hydrogen) atoms. The Morgan fingerprint density at radius 1 is 0.885 bits per heavy atom. The number of nitrogens with zero attached hydrogens (tertiary/aromatic N) is 1. The monoisotopic (exact) mass is 365 g/mol. The lowest BCUT2D eigenvalue weighted by atomic mass is 10.1. The van der Waals surface area contributed by atoms with E-state index in [4.69, 9.17) is 14.2 Å². The summed E-state index contributed by atoms with van der Waals surface area (Å²) in [6.45, 7) is 9.98. The van der Waals surface area contributed by atoms with E-state index >= 15 is 0 Å². The summed E-state index contributed by atoms with van der Waals surface area (Å²) in [6.07, 6.45) is -1.71. The Bertz CT molecular complexity index is 641. The van der Waals surface area contributed by atoms with E-state index in [0.29, 0.717) is 5.56 Å². The Morgan fingerprint density at radius 2 is 1.35 bits per heavy atom. The van der Waals surface area contributed by atoms with Crippen LogP contribution in [-0.2, 0) is 20.8 Å². The number of ether oxygens (including phenoxy) is 3. The molecule has 1 aromatic rings. The minimum absolute atomic E-state index is 0.185. The maximum absolute atomic E-state index is 12.5. The Balaban J connectivity index is 3.20. The highest BCUT2D eigenvalue weighted by atomic mass is 16.6. The highest BCUT2D eigenvalue weighted by Crippen LogP contribution is 2.19. The topological polar surface area (TPSA) is 82.1 Å². The van der Waals surface area contributed by atoms with Crippen LogP contribution < -0.4 is 0 Å². The molecule has 7 heteroatoms. The van der Waals surface area contributed by atoms with Crippen LogP contribution in [0.1, 0.15) is 57.5 Å². The van der Waals surface area contributed by atoms with Gasteiger partial charge in [0.15, 0.2) is 0 Å². The summed E-state index contributed by atoms with van der Waals surface area (Å²) in [6, 6.07) is 6.56. The number of hydrogen-bond donors (Lipinski definition) is 0. The van der Waals surface area contributed by atoms with E-state index in [9.17, 15) is 14.4 Å². The largest absolute Gasteiger partial charge is 0.465 e. The second-order valence-electron chi connectivity index (χ2n) is 7.70. The van der Waals surface area contributed by atoms with Crippen LogP contribution in [0.15, 0.2) is 24.3 Å². The van der Waals surface area contributed by atoms with Crippen molar-refractivity contribution in [2.45, 2.75) is 59.3 Å². The number of carbonyl (C=O) groups is 3. The molecule has 0 aliphatic rings. The Labute approximate surface area is 154 Å². The Morgan fingerprint density at radius 3 is 1.77 bits per heavy atom. The summed E-state index contributed by atoms with van der Waals surface area (Å²) in [5, 5.41) is 0. The summed E-state index contributed by atoms with van der Waals surface area (Å²) in [5.74, 6) is -0.561. The molecule has 0 fully saturated rings. The summed E-state index contributed by atoms with van der Waals surface area (Å²) >= 11 is 0. The van der Waals surface area contributed by atoms with E-state index in [-0.39, 0.29) is 12.1 Å². The van der Waals surface area contributed by atoms with Crippen LogP contribution in [0.2, 0.25) is 0 Å². The van der Waals surface area contributed by atoms with E-state index in [0.717, 1.165) is 4.90 Å². The van der Waals surface area contributed by atoms with Crippen LogP contribution in [0.4, 0.5) is 9.59 Å². The van der Waals surface area contributed by atoms with Crippen molar-refractivity contribution in [3.8, 4) is 0 Å². The molecule has 1 aromatic carbocycles. The van der Waals surface area contributed by atoms with Gasteiger partial charge in [-0.1, -0.05) is 18.2 Å². The van der Waals surface area contributed by atoms with Crippen LogP contribution in [0.3, 0.4) is 0 Å². The third kappa shape index (κ3) is 6.74. The van der Waals surface area contributed by atoms with Gasteiger partial charge in [0.1, 0.15) is 11.2 Å². The second-order valence-corrected chi connectivity index (χ2v) is 7.70. The van der Waals surface area contributed by atoms with Crippen LogP contribution in [0.5, 0.6) is 0 Å². The molecule has 0 saturated heterocycles. The molecule has 0 N–H and O–H groups in total. The molecule has 0 aromatic heterocycles. The summed E-state index contributed by atoms with van der Waals surface area (Å²) in [7, 11) is 1.26. The quantitative estimate of drug-likeness (QED) is 0.591. The average Bonchev–Trinajstić information content (AvgIpc) is 2.48. The maximum Gasteiger partial charge on any atom is 0.420 e. The van der Waals surface area contributed by atoms with E-state index in [1.807, 2.05) is 0 Å². The molecule has 0 unspecified atom stereocenters. The first-order valence-electron chi connectivity index (χ1n) is 8.24. The third-order valence-corrected chi connectivity index (χ3v) is 2.98. The molecule has 0 bridgehead atoms. The Hall–Kier alpha value is -2.57. The molecular weight excluding hydrogens is 338 g/mol. The fourth-order valence-corrected chi connectivity index (χ4v) is 1.98. The van der Waals surface area contributed by atoms with E-state index in [2.05, 4.69) is 0 Å². The van der Waals surface area contributed by atoms with Crippen molar-refractivity contribution in [2.24, 2.45) is 0 Å². The fourth-order valence-electron chi connectivity index (χ4n) is 1.98. The molecule has 144 valence electrons. The highest BCUT2D eigenvalue weighted by molar-refractivity contribution is 5.92. The smallest absolute Gasteiger partial charge is 0.420 e. The molecule has 0 aliphatic carbocycles. The van der Waals surface area contributed by atoms with Crippen molar-refractivity contribution in [3.63, 3.8) is 0 Å². The van der Waals surface area contributed by atoms with Crippen LogP contribution in [-0.4, -0.2) is 41.4 Å². The maximum atomic E-state index is 12.5. The van der Waals surface area contributed by atoms with Crippen LogP contribution in [0, 0.1) is 0 Å². The molecule has 7 nitrogen and oxygen atoms in total. The van der Waals surface area contributed by atoms with Gasteiger partial charge in [-0.15, -0.1) is 0 Å². The molecule has 0 heterocycles. The molecule has 0 spiro atoms. The van der Waals surface area contributed by atoms with Crippen molar-refractivity contribution in [2.75, 3.05) is 7.11 Å². The third-order valence-electron chi connectivity index (χ3n) is 2.98. The molecule has 1 rings (SSSR count). The van der Waals surface area contributed by atoms with E-state index in [1.165, 1.54) is 7.11 Å². The van der Waals surface area contributed by atoms with Gasteiger partial charge in [-0.25, -0.2) is 19.3 Å². The van der Waals surface area contributed by atoms with Gasteiger partial charge in [0.2, 0.25) is 0 Å². The lowest BCUT2D eigenvalue weighted by Gasteiger charge is -2.29. The first-order chi connectivity index (χ1) is 11.8.